The molecule has 0 saturated carbocycles. The predicted octanol–water partition coefficient (Wildman–Crippen LogP) is 3.45. The molecule has 5 heteroatoms. The fourth-order valence-corrected chi connectivity index (χ4v) is 0.214. The van der Waals surface area contributed by atoms with Crippen LogP contribution in [0.2, 0.25) is 0 Å². The number of halogens is 3. The van der Waals surface area contributed by atoms with Gasteiger partial charge in [0.1, 0.15) is -0.0619 Å². The number of rotatable bonds is 2. The first-order valence-electron chi connectivity index (χ1n) is 2.64. The Morgan fingerprint density at radius 1 is 1.50 bits per heavy atom. The predicted molar refractivity (Wildman–Crippen MR) is 68.4 cm³/mol. The molecule has 1 N–H and O–H groups in total. The Bertz CT molecular complexity index is 82.2. The van der Waals surface area contributed by atoms with Crippen molar-refractivity contribution < 1.29 is 9.90 Å². The van der Waals surface area contributed by atoms with Gasteiger partial charge < -0.3 is 5.11 Å². The van der Waals surface area contributed by atoms with Crippen molar-refractivity contribution in [1.29, 1.82) is 0 Å². The molecule has 0 aliphatic heterocycles. The fraction of sp³-hybridized carbons (Fsp3) is 0.800. The van der Waals surface area contributed by atoms with E-state index in [0.29, 0.717) is 6.42 Å². The molecule has 2 nitrogen and oxygen atoms in total. The van der Waals surface area contributed by atoms with E-state index in [-0.39, 0.29) is 0 Å². The van der Waals surface area contributed by atoms with Crippen molar-refractivity contribution in [2.24, 2.45) is 0 Å². The van der Waals surface area contributed by atoms with E-state index in [4.69, 9.17) is 5.11 Å². The van der Waals surface area contributed by atoms with Gasteiger partial charge in [0.15, 0.2) is 0 Å². The summed E-state index contributed by atoms with van der Waals surface area (Å²) in [5.41, 5.74) is 0. The molecule has 0 aromatic heterocycles. The van der Waals surface area contributed by atoms with E-state index in [2.05, 4.69) is 67.8 Å². The van der Waals surface area contributed by atoms with Gasteiger partial charge in [-0.15, -0.1) is 0 Å². The first-order valence-corrected chi connectivity index (χ1v) is 6.38. The maximum Gasteiger partial charge on any atom is 0.303 e. The first-order chi connectivity index (χ1) is 4.50. The molecular formula is C5H9I3O2. The second-order valence-corrected chi connectivity index (χ2v) is 12.3. The highest BCUT2D eigenvalue weighted by molar-refractivity contribution is 14.3. The first kappa shape index (κ1) is 14.2. The third-order valence-electron chi connectivity index (χ3n) is 0.464. The van der Waals surface area contributed by atoms with E-state index in [0.717, 1.165) is 6.36 Å². The second-order valence-electron chi connectivity index (χ2n) is 1.39. The molecule has 0 aromatic rings. The molecule has 0 fully saturated rings. The molecule has 0 spiro atoms. The number of hydrogen-bond donors (Lipinski definition) is 1. The molecule has 0 radical (unpaired) electrons. The smallest absolute Gasteiger partial charge is 0.303 e. The monoisotopic (exact) mass is 482 g/mol. The van der Waals surface area contributed by atoms with E-state index in [1.165, 1.54) is 0 Å². The quantitative estimate of drug-likeness (QED) is 0.485. The summed E-state index contributed by atoms with van der Waals surface area (Å²) >= 11 is 6.95. The lowest BCUT2D eigenvalue weighted by atomic mass is 10.4. The van der Waals surface area contributed by atoms with Gasteiger partial charge in [-0.3, -0.25) is 4.79 Å². The average Bonchev–Trinajstić information content (AvgIpc) is 1.62. The molecule has 0 aromatic carbocycles. The van der Waals surface area contributed by atoms with Crippen LogP contribution in [0.25, 0.3) is 0 Å². The Morgan fingerprint density at radius 2 is 1.80 bits per heavy atom. The van der Waals surface area contributed by atoms with Crippen LogP contribution in [0.5, 0.6) is 0 Å². The van der Waals surface area contributed by atoms with Crippen LogP contribution in [-0.2, 0) is 4.79 Å². The maximum atomic E-state index is 9.60. The third kappa shape index (κ3) is 33.4. The van der Waals surface area contributed by atoms with Crippen LogP contribution in [-0.4, -0.2) is 11.0 Å². The summed E-state index contributed by atoms with van der Waals surface area (Å²) < 4.78 is 0.743. The Morgan fingerprint density at radius 3 is 1.80 bits per heavy atom. The molecule has 0 bridgehead atoms. The Labute approximate surface area is 102 Å². The number of aliphatic carboxylic acids is 1. The summed E-state index contributed by atoms with van der Waals surface area (Å²) in [5.74, 6) is -0.711. The minimum absolute atomic E-state index is 0.292. The van der Waals surface area contributed by atoms with Gasteiger partial charge in [-0.05, 0) is 6.42 Å². The zero-order chi connectivity index (χ0) is 8.57. The third-order valence-corrected chi connectivity index (χ3v) is 0.464. The van der Waals surface area contributed by atoms with Gasteiger partial charge >= 0.3 is 5.97 Å². The van der Waals surface area contributed by atoms with Gasteiger partial charge in [0.2, 0.25) is 0 Å². The van der Waals surface area contributed by atoms with E-state index in [9.17, 15) is 4.79 Å². The molecule has 0 aliphatic rings. The highest BCUT2D eigenvalue weighted by Gasteiger charge is 1.87. The van der Waals surface area contributed by atoms with Gasteiger partial charge in [0.25, 0.3) is 0 Å². The Balaban J connectivity index is 0. The zero-order valence-electron chi connectivity index (χ0n) is 5.48. The van der Waals surface area contributed by atoms with E-state index < -0.39 is 5.97 Å². The van der Waals surface area contributed by atoms with Crippen LogP contribution in [0.1, 0.15) is 19.8 Å². The SMILES string of the molecule is CCCC(=O)O.IC(I)I. The van der Waals surface area contributed by atoms with Crippen LogP contribution < -0.4 is 0 Å². The zero-order valence-corrected chi connectivity index (χ0v) is 12.0. The van der Waals surface area contributed by atoms with Gasteiger partial charge in [0.05, 0.1) is 0 Å². The number of carboxylic acids is 1. The van der Waals surface area contributed by atoms with Gasteiger partial charge in [-0.25, -0.2) is 0 Å². The van der Waals surface area contributed by atoms with Crippen LogP contribution in [0.15, 0.2) is 0 Å². The molecular weight excluding hydrogens is 473 g/mol. The summed E-state index contributed by atoms with van der Waals surface area (Å²) in [4.78, 5) is 9.60. The standard InChI is InChI=1S/C4H8O2.CHI3/c1-2-3-4(5)6;2-1(3)4/h2-3H2,1H3,(H,5,6);1H. The highest BCUT2D eigenvalue weighted by atomic mass is 127. The van der Waals surface area contributed by atoms with Crippen LogP contribution >= 0.6 is 67.8 Å². The lowest BCUT2D eigenvalue weighted by molar-refractivity contribution is -0.137. The number of carbonyl (C=O) groups is 1. The molecule has 0 heterocycles. The largest absolute Gasteiger partial charge is 0.481 e. The molecule has 0 aliphatic carbocycles. The average molecular weight is 482 g/mol. The van der Waals surface area contributed by atoms with Crippen LogP contribution in [0.3, 0.4) is 0 Å². The van der Waals surface area contributed by atoms with E-state index >= 15 is 0 Å². The van der Waals surface area contributed by atoms with Crippen molar-refractivity contribution in [2.75, 3.05) is 0 Å². The molecule has 10 heavy (non-hydrogen) atoms. The molecule has 0 amide bonds. The van der Waals surface area contributed by atoms with Crippen molar-refractivity contribution >= 4 is 73.7 Å². The van der Waals surface area contributed by atoms with Gasteiger partial charge in [0, 0.05) is 6.42 Å². The summed E-state index contributed by atoms with van der Waals surface area (Å²) in [6.07, 6.45) is 1.02. The van der Waals surface area contributed by atoms with Gasteiger partial charge in [-0.2, -0.15) is 0 Å². The lowest BCUT2D eigenvalue weighted by Crippen LogP contribution is -1.90. The minimum atomic E-state index is -0.711. The normalized spacial score (nSPS) is 8.50. The molecule has 0 atom stereocenters. The lowest BCUT2D eigenvalue weighted by Gasteiger charge is -1.79. The molecule has 62 valence electrons. The summed E-state index contributed by atoms with van der Waals surface area (Å²) in [6.45, 7) is 1.84. The number of carboxylic acid groups (broad SMARTS) is 1. The van der Waals surface area contributed by atoms with Crippen LogP contribution in [0, 0.1) is 0 Å². The number of hydrogen-bond acceptors (Lipinski definition) is 1. The minimum Gasteiger partial charge on any atom is -0.481 e. The van der Waals surface area contributed by atoms with Gasteiger partial charge in [-0.1, -0.05) is 74.7 Å². The van der Waals surface area contributed by atoms with Crippen LogP contribution in [0.4, 0.5) is 0 Å². The second kappa shape index (κ2) is 10.7. The van der Waals surface area contributed by atoms with E-state index in [1.54, 1.807) is 0 Å². The molecule has 0 saturated heterocycles. The van der Waals surface area contributed by atoms with Crippen molar-refractivity contribution in [1.82, 2.24) is 0 Å². The van der Waals surface area contributed by atoms with Crippen molar-refractivity contribution in [3.63, 3.8) is 0 Å². The van der Waals surface area contributed by atoms with Crippen molar-refractivity contribution in [2.45, 2.75) is 19.7 Å². The van der Waals surface area contributed by atoms with Crippen molar-refractivity contribution in [3.05, 3.63) is 0 Å². The summed E-state index contributed by atoms with van der Waals surface area (Å²) in [7, 11) is 0. The summed E-state index contributed by atoms with van der Waals surface area (Å²) in [5, 5.41) is 7.91. The Kier molecular flexibility index (Phi) is 15.1. The summed E-state index contributed by atoms with van der Waals surface area (Å²) in [6, 6.07) is 0. The van der Waals surface area contributed by atoms with Crippen molar-refractivity contribution in [3.8, 4) is 0 Å². The highest BCUT2D eigenvalue weighted by Crippen LogP contribution is 2.16. The molecule has 0 rings (SSSR count). The topological polar surface area (TPSA) is 37.3 Å². The Hall–Kier alpha value is 1.66. The molecule has 0 unspecified atom stereocenters. The number of alkyl halides is 3. The maximum absolute atomic E-state index is 9.60. The fourth-order valence-electron chi connectivity index (χ4n) is 0.214. The van der Waals surface area contributed by atoms with E-state index in [1.807, 2.05) is 6.92 Å².